The van der Waals surface area contributed by atoms with E-state index >= 15 is 0 Å². The van der Waals surface area contributed by atoms with Crippen LogP contribution in [0, 0.1) is 6.92 Å². The van der Waals surface area contributed by atoms with Crippen molar-refractivity contribution in [3.63, 3.8) is 0 Å². The predicted molar refractivity (Wildman–Crippen MR) is 110 cm³/mol. The lowest BCUT2D eigenvalue weighted by Gasteiger charge is -2.26. The number of carbonyl (C=O) groups is 1. The Morgan fingerprint density at radius 3 is 2.79 bits per heavy atom. The number of rotatable bonds is 4. The quantitative estimate of drug-likeness (QED) is 0.812. The van der Waals surface area contributed by atoms with Gasteiger partial charge < -0.3 is 9.80 Å². The molecule has 1 unspecified atom stereocenters. The average molecular weight is 377 g/mol. The number of nitrogens with zero attached hydrogens (tertiary/aromatic N) is 4. The summed E-state index contributed by atoms with van der Waals surface area (Å²) in [6.45, 7) is 4.75. The maximum atomic E-state index is 12.0. The van der Waals surface area contributed by atoms with Gasteiger partial charge >= 0.3 is 0 Å². The van der Waals surface area contributed by atoms with Gasteiger partial charge in [-0.05, 0) is 57.1 Å². The number of hydrogen-bond donors (Lipinski definition) is 0. The number of aromatic nitrogens is 2. The minimum Gasteiger partial charge on any atom is -0.343 e. The Morgan fingerprint density at radius 2 is 1.93 bits per heavy atom. The lowest BCUT2D eigenvalue weighted by Crippen LogP contribution is -2.28. The molecule has 5 nitrogen and oxygen atoms in total. The second-order valence-electron chi connectivity index (χ2n) is 8.37. The van der Waals surface area contributed by atoms with Gasteiger partial charge in [-0.25, -0.2) is 9.97 Å². The molecule has 3 aliphatic rings. The maximum absolute atomic E-state index is 12.0. The van der Waals surface area contributed by atoms with Crippen LogP contribution in [0.1, 0.15) is 60.7 Å². The first kappa shape index (κ1) is 17.7. The number of benzene rings is 1. The van der Waals surface area contributed by atoms with Crippen LogP contribution in [-0.2, 0) is 17.6 Å². The summed E-state index contributed by atoms with van der Waals surface area (Å²) in [5.74, 6) is 2.76. The van der Waals surface area contributed by atoms with Gasteiger partial charge in [-0.1, -0.05) is 18.2 Å². The van der Waals surface area contributed by atoms with E-state index in [9.17, 15) is 4.79 Å². The van der Waals surface area contributed by atoms with E-state index in [4.69, 9.17) is 9.97 Å². The van der Waals surface area contributed by atoms with Crippen molar-refractivity contribution in [3.05, 3.63) is 46.9 Å². The number of aryl methyl sites for hydroxylation is 2. The van der Waals surface area contributed by atoms with E-state index in [1.807, 2.05) is 11.8 Å². The first-order valence-corrected chi connectivity index (χ1v) is 10.7. The molecule has 0 radical (unpaired) electrons. The average Bonchev–Trinajstić information content (AvgIpc) is 3.29. The first-order valence-electron chi connectivity index (χ1n) is 10.7. The van der Waals surface area contributed by atoms with Gasteiger partial charge in [0.1, 0.15) is 11.6 Å². The van der Waals surface area contributed by atoms with Crippen LogP contribution in [0.15, 0.2) is 24.3 Å². The van der Waals surface area contributed by atoms with Crippen LogP contribution in [0.25, 0.3) is 0 Å². The smallest absolute Gasteiger partial charge is 0.222 e. The summed E-state index contributed by atoms with van der Waals surface area (Å²) >= 11 is 0. The standard InChI is InChI=1S/C23H28N4O/c1-16-24-20-9-4-2-8-19(20)23(25-16)27-15-17(18-7-3-5-10-21(18)27)12-14-26-13-6-11-22(26)28/h3,5,7,10,17H,2,4,6,8-9,11-15H2,1H3. The van der Waals surface area contributed by atoms with Crippen LogP contribution in [0.5, 0.6) is 0 Å². The van der Waals surface area contributed by atoms with E-state index in [2.05, 4.69) is 29.2 Å². The van der Waals surface area contributed by atoms with E-state index in [1.54, 1.807) is 0 Å². The van der Waals surface area contributed by atoms with Gasteiger partial charge in [0.05, 0.1) is 0 Å². The zero-order valence-corrected chi connectivity index (χ0v) is 16.7. The third-order valence-electron chi connectivity index (χ3n) is 6.52. The van der Waals surface area contributed by atoms with Crippen molar-refractivity contribution in [2.45, 2.75) is 57.8 Å². The highest BCUT2D eigenvalue weighted by Gasteiger charge is 2.33. The van der Waals surface area contributed by atoms with E-state index in [-0.39, 0.29) is 0 Å². The summed E-state index contributed by atoms with van der Waals surface area (Å²) < 4.78 is 0. The molecule has 1 saturated heterocycles. The summed E-state index contributed by atoms with van der Waals surface area (Å²) in [5, 5.41) is 0. The number of amides is 1. The molecule has 146 valence electrons. The number of anilines is 2. The molecule has 0 spiro atoms. The molecule has 0 bridgehead atoms. The van der Waals surface area contributed by atoms with E-state index in [0.717, 1.165) is 63.4 Å². The number of para-hydroxylation sites is 1. The number of carbonyl (C=O) groups excluding carboxylic acids is 1. The van der Waals surface area contributed by atoms with Crippen molar-refractivity contribution in [2.75, 3.05) is 24.5 Å². The highest BCUT2D eigenvalue weighted by atomic mass is 16.2. The van der Waals surface area contributed by atoms with E-state index in [1.165, 1.54) is 35.3 Å². The normalized spacial score (nSPS) is 21.2. The van der Waals surface area contributed by atoms with Gasteiger partial charge in [0.15, 0.2) is 0 Å². The molecule has 1 fully saturated rings. The Balaban J connectivity index is 1.45. The summed E-state index contributed by atoms with van der Waals surface area (Å²) in [6, 6.07) is 8.74. The minimum absolute atomic E-state index is 0.323. The minimum atomic E-state index is 0.323. The van der Waals surface area contributed by atoms with Gasteiger partial charge in [0.2, 0.25) is 5.91 Å². The molecule has 5 heteroatoms. The highest BCUT2D eigenvalue weighted by molar-refractivity contribution is 5.78. The monoisotopic (exact) mass is 376 g/mol. The Labute approximate surface area is 166 Å². The molecule has 1 atom stereocenters. The van der Waals surface area contributed by atoms with Gasteiger partial charge in [-0.15, -0.1) is 0 Å². The van der Waals surface area contributed by atoms with Gasteiger partial charge in [-0.3, -0.25) is 4.79 Å². The molecule has 1 aromatic carbocycles. The van der Waals surface area contributed by atoms with Crippen molar-refractivity contribution in [3.8, 4) is 0 Å². The second-order valence-corrected chi connectivity index (χ2v) is 8.37. The van der Waals surface area contributed by atoms with Gasteiger partial charge in [0.25, 0.3) is 0 Å². The Morgan fingerprint density at radius 1 is 1.07 bits per heavy atom. The molecule has 0 saturated carbocycles. The SMILES string of the molecule is Cc1nc2c(c(N3CC(CCN4CCCC4=O)c4ccccc43)n1)CCCC2. The van der Waals surface area contributed by atoms with E-state index in [0.29, 0.717) is 11.8 Å². The van der Waals surface area contributed by atoms with Crippen LogP contribution in [-0.4, -0.2) is 40.4 Å². The number of likely N-dealkylation sites (tertiary alicyclic amines) is 1. The second kappa shape index (κ2) is 7.19. The van der Waals surface area contributed by atoms with Crippen LogP contribution >= 0.6 is 0 Å². The zero-order chi connectivity index (χ0) is 19.1. The molecule has 5 rings (SSSR count). The van der Waals surface area contributed by atoms with Crippen LogP contribution in [0.2, 0.25) is 0 Å². The van der Waals surface area contributed by atoms with Crippen molar-refractivity contribution in [1.82, 2.24) is 14.9 Å². The van der Waals surface area contributed by atoms with Crippen LogP contribution < -0.4 is 4.90 Å². The fraction of sp³-hybridized carbons (Fsp3) is 0.522. The highest BCUT2D eigenvalue weighted by Crippen LogP contribution is 2.43. The van der Waals surface area contributed by atoms with E-state index < -0.39 is 0 Å². The molecular weight excluding hydrogens is 348 g/mol. The molecular formula is C23H28N4O. The van der Waals surface area contributed by atoms with Crippen molar-refractivity contribution < 1.29 is 4.79 Å². The summed E-state index contributed by atoms with van der Waals surface area (Å²) in [6.07, 6.45) is 7.36. The fourth-order valence-corrected chi connectivity index (χ4v) is 5.11. The van der Waals surface area contributed by atoms with Crippen molar-refractivity contribution in [2.24, 2.45) is 0 Å². The van der Waals surface area contributed by atoms with Crippen molar-refractivity contribution >= 4 is 17.4 Å². The number of hydrogen-bond acceptors (Lipinski definition) is 4. The molecule has 2 aromatic rings. The van der Waals surface area contributed by atoms with Gasteiger partial charge in [0, 0.05) is 48.9 Å². The van der Waals surface area contributed by atoms with Crippen LogP contribution in [0.4, 0.5) is 11.5 Å². The molecule has 1 amide bonds. The molecule has 1 aromatic heterocycles. The van der Waals surface area contributed by atoms with Crippen LogP contribution in [0.3, 0.4) is 0 Å². The first-order chi connectivity index (χ1) is 13.7. The summed E-state index contributed by atoms with van der Waals surface area (Å²) in [7, 11) is 0. The lowest BCUT2D eigenvalue weighted by molar-refractivity contribution is -0.127. The largest absolute Gasteiger partial charge is 0.343 e. The third-order valence-corrected chi connectivity index (χ3v) is 6.52. The third kappa shape index (κ3) is 3.07. The predicted octanol–water partition coefficient (Wildman–Crippen LogP) is 3.91. The Hall–Kier alpha value is -2.43. The molecule has 2 aliphatic heterocycles. The molecule has 0 N–H and O–H groups in total. The topological polar surface area (TPSA) is 49.3 Å². The molecule has 28 heavy (non-hydrogen) atoms. The molecule has 3 heterocycles. The van der Waals surface area contributed by atoms with Gasteiger partial charge in [-0.2, -0.15) is 0 Å². The van der Waals surface area contributed by atoms with Crippen molar-refractivity contribution in [1.29, 1.82) is 0 Å². The Bertz CT molecular complexity index is 909. The summed E-state index contributed by atoms with van der Waals surface area (Å²) in [4.78, 5) is 26.1. The molecule has 1 aliphatic carbocycles. The summed E-state index contributed by atoms with van der Waals surface area (Å²) in [5.41, 5.74) is 5.28. The number of fused-ring (bicyclic) bond motifs is 2. The maximum Gasteiger partial charge on any atom is 0.222 e. The fourth-order valence-electron chi connectivity index (χ4n) is 5.11. The Kier molecular flexibility index (Phi) is 4.53. The zero-order valence-electron chi connectivity index (χ0n) is 16.7. The lowest BCUT2D eigenvalue weighted by atomic mass is 9.96.